The number of hydrogen-bond acceptors (Lipinski definition) is 2. The predicted molar refractivity (Wildman–Crippen MR) is 59.9 cm³/mol. The fourth-order valence-electron chi connectivity index (χ4n) is 1.59. The van der Waals surface area contributed by atoms with Gasteiger partial charge in [0, 0.05) is 18.6 Å². The second-order valence-electron chi connectivity index (χ2n) is 3.93. The van der Waals surface area contributed by atoms with Crippen molar-refractivity contribution in [3.63, 3.8) is 0 Å². The van der Waals surface area contributed by atoms with Crippen LogP contribution in [0, 0.1) is 0 Å². The van der Waals surface area contributed by atoms with Crippen molar-refractivity contribution in [2.24, 2.45) is 5.73 Å². The highest BCUT2D eigenvalue weighted by atomic mass is 15.2. The van der Waals surface area contributed by atoms with E-state index in [4.69, 9.17) is 5.73 Å². The summed E-state index contributed by atoms with van der Waals surface area (Å²) in [6.45, 7) is 11.0. The molecule has 2 unspecified atom stereocenters. The highest BCUT2D eigenvalue weighted by Gasteiger charge is 2.16. The molecule has 0 saturated heterocycles. The first-order chi connectivity index (χ1) is 6.17. The quantitative estimate of drug-likeness (QED) is 0.660. The van der Waals surface area contributed by atoms with Crippen molar-refractivity contribution in [1.29, 1.82) is 0 Å². The Morgan fingerprint density at radius 1 is 1.15 bits per heavy atom. The Balaban J connectivity index is 4.01. The average molecular weight is 186 g/mol. The third kappa shape index (κ3) is 4.63. The molecule has 2 nitrogen and oxygen atoms in total. The second kappa shape index (κ2) is 7.34. The molecule has 0 spiro atoms. The minimum atomic E-state index is 0.529. The van der Waals surface area contributed by atoms with Gasteiger partial charge >= 0.3 is 0 Å². The largest absolute Gasteiger partial charge is 0.329 e. The second-order valence-corrected chi connectivity index (χ2v) is 3.93. The standard InChI is InChI=1S/C11H26N2/c1-5-7-8-13(10(3)6-2)11(4)9-12/h10-11H,5-9,12H2,1-4H3. The Morgan fingerprint density at radius 3 is 2.15 bits per heavy atom. The Labute approximate surface area is 83.5 Å². The van der Waals surface area contributed by atoms with Gasteiger partial charge < -0.3 is 5.73 Å². The molecule has 0 saturated carbocycles. The lowest BCUT2D eigenvalue weighted by molar-refractivity contribution is 0.151. The van der Waals surface area contributed by atoms with Crippen LogP contribution in [-0.2, 0) is 0 Å². The van der Waals surface area contributed by atoms with Gasteiger partial charge in [0.25, 0.3) is 0 Å². The number of unbranched alkanes of at least 4 members (excludes halogenated alkanes) is 1. The van der Waals surface area contributed by atoms with Gasteiger partial charge in [-0.2, -0.15) is 0 Å². The van der Waals surface area contributed by atoms with E-state index in [1.807, 2.05) is 0 Å². The van der Waals surface area contributed by atoms with Crippen LogP contribution >= 0.6 is 0 Å². The summed E-state index contributed by atoms with van der Waals surface area (Å²) in [5.74, 6) is 0. The molecule has 13 heavy (non-hydrogen) atoms. The van der Waals surface area contributed by atoms with Gasteiger partial charge in [-0.05, 0) is 33.2 Å². The van der Waals surface area contributed by atoms with Crippen molar-refractivity contribution < 1.29 is 0 Å². The molecule has 0 aliphatic rings. The van der Waals surface area contributed by atoms with Gasteiger partial charge in [0.15, 0.2) is 0 Å². The van der Waals surface area contributed by atoms with Gasteiger partial charge in [0.2, 0.25) is 0 Å². The smallest absolute Gasteiger partial charge is 0.0192 e. The molecule has 2 N–H and O–H groups in total. The summed E-state index contributed by atoms with van der Waals surface area (Å²) in [7, 11) is 0. The minimum absolute atomic E-state index is 0.529. The molecule has 0 heterocycles. The first-order valence-electron chi connectivity index (χ1n) is 5.63. The van der Waals surface area contributed by atoms with Gasteiger partial charge in [-0.1, -0.05) is 20.3 Å². The Hall–Kier alpha value is -0.0800. The van der Waals surface area contributed by atoms with Crippen LogP contribution in [0.15, 0.2) is 0 Å². The van der Waals surface area contributed by atoms with E-state index in [9.17, 15) is 0 Å². The van der Waals surface area contributed by atoms with E-state index in [0.29, 0.717) is 12.1 Å². The van der Waals surface area contributed by atoms with E-state index < -0.39 is 0 Å². The summed E-state index contributed by atoms with van der Waals surface area (Å²) < 4.78 is 0. The van der Waals surface area contributed by atoms with E-state index in [0.717, 1.165) is 6.54 Å². The third-order valence-electron chi connectivity index (χ3n) is 2.83. The lowest BCUT2D eigenvalue weighted by Gasteiger charge is -2.33. The van der Waals surface area contributed by atoms with Crippen LogP contribution < -0.4 is 5.73 Å². The molecule has 0 rings (SSSR count). The molecule has 2 atom stereocenters. The fourth-order valence-corrected chi connectivity index (χ4v) is 1.59. The average Bonchev–Trinajstić information content (AvgIpc) is 2.17. The van der Waals surface area contributed by atoms with Gasteiger partial charge in [-0.25, -0.2) is 0 Å². The zero-order chi connectivity index (χ0) is 10.3. The molecule has 0 radical (unpaired) electrons. The predicted octanol–water partition coefficient (Wildman–Crippen LogP) is 2.23. The molecule has 0 aromatic rings. The zero-order valence-corrected chi connectivity index (χ0v) is 9.71. The van der Waals surface area contributed by atoms with Crippen LogP contribution in [0.4, 0.5) is 0 Å². The van der Waals surface area contributed by atoms with Crippen molar-refractivity contribution in [2.75, 3.05) is 13.1 Å². The first-order valence-corrected chi connectivity index (χ1v) is 5.63. The van der Waals surface area contributed by atoms with E-state index >= 15 is 0 Å². The lowest BCUT2D eigenvalue weighted by Crippen LogP contribution is -2.44. The molecule has 2 heteroatoms. The number of hydrogen-bond donors (Lipinski definition) is 1. The Morgan fingerprint density at radius 2 is 1.77 bits per heavy atom. The van der Waals surface area contributed by atoms with Crippen molar-refractivity contribution >= 4 is 0 Å². The van der Waals surface area contributed by atoms with Crippen LogP contribution in [0.3, 0.4) is 0 Å². The Kier molecular flexibility index (Phi) is 7.29. The minimum Gasteiger partial charge on any atom is -0.329 e. The van der Waals surface area contributed by atoms with Gasteiger partial charge in [-0.3, -0.25) is 4.90 Å². The highest BCUT2D eigenvalue weighted by molar-refractivity contribution is 4.73. The van der Waals surface area contributed by atoms with E-state index in [1.165, 1.54) is 25.8 Å². The summed E-state index contributed by atoms with van der Waals surface area (Å²) in [6, 6.07) is 1.20. The number of rotatable bonds is 7. The highest BCUT2D eigenvalue weighted by Crippen LogP contribution is 2.09. The molecule has 0 amide bonds. The van der Waals surface area contributed by atoms with Gasteiger partial charge in [-0.15, -0.1) is 0 Å². The van der Waals surface area contributed by atoms with Gasteiger partial charge in [0.05, 0.1) is 0 Å². The molecule has 0 bridgehead atoms. The van der Waals surface area contributed by atoms with E-state index in [2.05, 4.69) is 32.6 Å². The summed E-state index contributed by atoms with van der Waals surface area (Å²) in [5, 5.41) is 0. The maximum Gasteiger partial charge on any atom is 0.0192 e. The van der Waals surface area contributed by atoms with Crippen LogP contribution in [0.25, 0.3) is 0 Å². The summed E-state index contributed by atoms with van der Waals surface area (Å²) in [6.07, 6.45) is 3.77. The van der Waals surface area contributed by atoms with E-state index in [-0.39, 0.29) is 0 Å². The topological polar surface area (TPSA) is 29.3 Å². The van der Waals surface area contributed by atoms with Crippen molar-refractivity contribution in [3.8, 4) is 0 Å². The van der Waals surface area contributed by atoms with Crippen LogP contribution in [0.1, 0.15) is 47.0 Å². The van der Waals surface area contributed by atoms with E-state index in [1.54, 1.807) is 0 Å². The lowest BCUT2D eigenvalue weighted by atomic mass is 10.1. The normalized spacial score (nSPS) is 16.2. The summed E-state index contributed by atoms with van der Waals surface area (Å²) in [5.41, 5.74) is 5.70. The molecule has 0 aromatic carbocycles. The number of nitrogens with zero attached hydrogens (tertiary/aromatic N) is 1. The van der Waals surface area contributed by atoms with Crippen molar-refractivity contribution in [1.82, 2.24) is 4.90 Å². The maximum absolute atomic E-state index is 5.70. The van der Waals surface area contributed by atoms with Crippen LogP contribution in [-0.4, -0.2) is 30.1 Å². The maximum atomic E-state index is 5.70. The summed E-state index contributed by atoms with van der Waals surface area (Å²) >= 11 is 0. The summed E-state index contributed by atoms with van der Waals surface area (Å²) in [4.78, 5) is 2.53. The number of nitrogens with two attached hydrogens (primary N) is 1. The molecule has 0 aromatic heterocycles. The monoisotopic (exact) mass is 186 g/mol. The third-order valence-corrected chi connectivity index (χ3v) is 2.83. The zero-order valence-electron chi connectivity index (χ0n) is 9.71. The van der Waals surface area contributed by atoms with Crippen LogP contribution in [0.5, 0.6) is 0 Å². The molecule has 0 aliphatic carbocycles. The fraction of sp³-hybridized carbons (Fsp3) is 1.00. The molecule has 80 valence electrons. The molecular weight excluding hydrogens is 160 g/mol. The molecule has 0 fully saturated rings. The molecule has 0 aliphatic heterocycles. The van der Waals surface area contributed by atoms with Crippen molar-refractivity contribution in [3.05, 3.63) is 0 Å². The van der Waals surface area contributed by atoms with Crippen molar-refractivity contribution in [2.45, 2.75) is 59.0 Å². The first kappa shape index (κ1) is 12.9. The van der Waals surface area contributed by atoms with Crippen LogP contribution in [0.2, 0.25) is 0 Å². The van der Waals surface area contributed by atoms with Gasteiger partial charge in [0.1, 0.15) is 0 Å². The molecular formula is C11H26N2. The SMILES string of the molecule is CCCCN(C(C)CC)C(C)CN. The Bertz CT molecular complexity index is 105.